The molecule has 0 unspecified atom stereocenters. The van der Waals surface area contributed by atoms with Crippen molar-refractivity contribution in [2.24, 2.45) is 0 Å². The van der Waals surface area contributed by atoms with Gasteiger partial charge in [0.15, 0.2) is 0 Å². The van der Waals surface area contributed by atoms with E-state index >= 15 is 0 Å². The summed E-state index contributed by atoms with van der Waals surface area (Å²) in [5.74, 6) is -0.0963. The Morgan fingerprint density at radius 2 is 1.92 bits per heavy atom. The van der Waals surface area contributed by atoms with Gasteiger partial charge in [0, 0.05) is 45.5 Å². The lowest BCUT2D eigenvalue weighted by Crippen LogP contribution is -2.39. The van der Waals surface area contributed by atoms with Crippen molar-refractivity contribution in [2.75, 3.05) is 45.2 Å². The molecular formula is C20H27N3O2. The van der Waals surface area contributed by atoms with Crippen LogP contribution in [0.25, 0.3) is 6.08 Å². The van der Waals surface area contributed by atoms with Gasteiger partial charge in [-0.1, -0.05) is 6.07 Å². The maximum absolute atomic E-state index is 12.3. The monoisotopic (exact) mass is 341 g/mol. The van der Waals surface area contributed by atoms with Gasteiger partial charge in [0.25, 0.3) is 0 Å². The number of amides is 2. The fourth-order valence-corrected chi connectivity index (χ4v) is 3.55. The number of carbonyl (C=O) groups is 2. The number of nitrogens with zero attached hydrogens (tertiary/aromatic N) is 3. The summed E-state index contributed by atoms with van der Waals surface area (Å²) in [5.41, 5.74) is 3.64. The minimum atomic E-state index is -0.137. The lowest BCUT2D eigenvalue weighted by atomic mass is 9.99. The molecule has 5 heteroatoms. The number of hydrogen-bond acceptors (Lipinski definition) is 3. The van der Waals surface area contributed by atoms with E-state index in [0.29, 0.717) is 0 Å². The summed E-state index contributed by atoms with van der Waals surface area (Å²) in [6.45, 7) is 2.88. The zero-order valence-corrected chi connectivity index (χ0v) is 15.2. The average molecular weight is 341 g/mol. The molecule has 0 aliphatic carbocycles. The van der Waals surface area contributed by atoms with Gasteiger partial charge in [-0.05, 0) is 55.0 Å². The first kappa shape index (κ1) is 17.5. The van der Waals surface area contributed by atoms with Gasteiger partial charge in [0.1, 0.15) is 0 Å². The highest BCUT2D eigenvalue weighted by Gasteiger charge is 2.20. The van der Waals surface area contributed by atoms with Crippen molar-refractivity contribution in [3.05, 3.63) is 35.4 Å². The lowest BCUT2D eigenvalue weighted by molar-refractivity contribution is -0.136. The largest absolute Gasteiger partial charge is 0.374 e. The van der Waals surface area contributed by atoms with Crippen molar-refractivity contribution in [2.45, 2.75) is 25.7 Å². The Hall–Kier alpha value is -2.30. The molecule has 0 saturated carbocycles. The van der Waals surface area contributed by atoms with E-state index in [-0.39, 0.29) is 18.4 Å². The maximum atomic E-state index is 12.3. The van der Waals surface area contributed by atoms with E-state index < -0.39 is 0 Å². The molecule has 0 bridgehead atoms. The summed E-state index contributed by atoms with van der Waals surface area (Å²) >= 11 is 0. The van der Waals surface area contributed by atoms with Gasteiger partial charge in [-0.2, -0.15) is 0 Å². The van der Waals surface area contributed by atoms with Crippen molar-refractivity contribution < 1.29 is 9.59 Å². The zero-order valence-electron chi connectivity index (χ0n) is 15.2. The number of anilines is 1. The summed E-state index contributed by atoms with van der Waals surface area (Å²) in [7, 11) is 3.80. The van der Waals surface area contributed by atoms with Gasteiger partial charge < -0.3 is 14.7 Å². The predicted molar refractivity (Wildman–Crippen MR) is 101 cm³/mol. The van der Waals surface area contributed by atoms with Crippen molar-refractivity contribution in [1.29, 1.82) is 0 Å². The van der Waals surface area contributed by atoms with Crippen LogP contribution in [0, 0.1) is 0 Å². The third-order valence-electron chi connectivity index (χ3n) is 5.08. The van der Waals surface area contributed by atoms with Crippen LogP contribution in [-0.4, -0.2) is 61.9 Å². The summed E-state index contributed by atoms with van der Waals surface area (Å²) in [6, 6.07) is 6.32. The van der Waals surface area contributed by atoms with Crippen LogP contribution in [0.3, 0.4) is 0 Å². The van der Waals surface area contributed by atoms with E-state index in [1.807, 2.05) is 17.0 Å². The molecule has 2 aliphatic heterocycles. The maximum Gasteiger partial charge on any atom is 0.246 e. The average Bonchev–Trinajstić information content (AvgIpc) is 3.14. The van der Waals surface area contributed by atoms with Crippen LogP contribution in [0.2, 0.25) is 0 Å². The molecule has 25 heavy (non-hydrogen) atoms. The molecule has 2 aliphatic rings. The molecular weight excluding hydrogens is 314 g/mol. The third kappa shape index (κ3) is 4.21. The number of carbonyl (C=O) groups excluding carboxylic acids is 2. The molecule has 1 fully saturated rings. The van der Waals surface area contributed by atoms with Gasteiger partial charge in [0.2, 0.25) is 11.8 Å². The first-order chi connectivity index (χ1) is 12.0. The molecule has 3 rings (SSSR count). The third-order valence-corrected chi connectivity index (χ3v) is 5.08. The van der Waals surface area contributed by atoms with E-state index in [0.717, 1.165) is 50.9 Å². The number of hydrogen-bond donors (Lipinski definition) is 0. The van der Waals surface area contributed by atoms with Gasteiger partial charge >= 0.3 is 0 Å². The molecule has 1 aromatic carbocycles. The van der Waals surface area contributed by atoms with Crippen LogP contribution in [0.5, 0.6) is 0 Å². The summed E-state index contributed by atoms with van der Waals surface area (Å²) in [5, 5.41) is 0. The van der Waals surface area contributed by atoms with Crippen LogP contribution in [0.15, 0.2) is 24.3 Å². The molecule has 5 nitrogen and oxygen atoms in total. The molecule has 1 aromatic rings. The second-order valence-electron chi connectivity index (χ2n) is 7.03. The first-order valence-electron chi connectivity index (χ1n) is 9.09. The second kappa shape index (κ2) is 7.72. The molecule has 0 spiro atoms. The smallest absolute Gasteiger partial charge is 0.246 e. The van der Waals surface area contributed by atoms with Gasteiger partial charge in [-0.25, -0.2) is 0 Å². The van der Waals surface area contributed by atoms with Crippen LogP contribution >= 0.6 is 0 Å². The van der Waals surface area contributed by atoms with Crippen LogP contribution in [-0.2, 0) is 16.0 Å². The molecule has 0 N–H and O–H groups in total. The van der Waals surface area contributed by atoms with E-state index in [1.54, 1.807) is 13.1 Å². The van der Waals surface area contributed by atoms with Crippen LogP contribution < -0.4 is 4.90 Å². The highest BCUT2D eigenvalue weighted by Crippen LogP contribution is 2.27. The van der Waals surface area contributed by atoms with E-state index in [9.17, 15) is 9.59 Å². The molecule has 1 saturated heterocycles. The summed E-state index contributed by atoms with van der Waals surface area (Å²) < 4.78 is 0. The highest BCUT2D eigenvalue weighted by molar-refractivity contribution is 5.94. The Bertz CT molecular complexity index is 678. The van der Waals surface area contributed by atoms with Crippen molar-refractivity contribution in [3.63, 3.8) is 0 Å². The van der Waals surface area contributed by atoms with Crippen LogP contribution in [0.4, 0.5) is 5.69 Å². The Morgan fingerprint density at radius 1 is 1.16 bits per heavy atom. The SMILES string of the molecule is CN(CC(=O)N1CCCC1)C(=O)C=Cc1ccc2c(c1)CCCN2C. The standard InChI is InChI=1S/C20H27N3O2/c1-21-11-5-6-17-14-16(7-9-18(17)21)8-10-19(24)22(2)15-20(25)23-12-3-4-13-23/h7-10,14H,3-6,11-13,15H2,1-2H3. The van der Waals surface area contributed by atoms with Gasteiger partial charge in [0.05, 0.1) is 6.54 Å². The molecule has 134 valence electrons. The molecule has 0 atom stereocenters. The zero-order chi connectivity index (χ0) is 17.8. The first-order valence-corrected chi connectivity index (χ1v) is 9.09. The van der Waals surface area contributed by atoms with Gasteiger partial charge in [-0.15, -0.1) is 0 Å². The number of aryl methyl sites for hydroxylation is 1. The van der Waals surface area contributed by atoms with E-state index in [2.05, 4.69) is 24.1 Å². The minimum Gasteiger partial charge on any atom is -0.374 e. The molecule has 2 heterocycles. The Labute approximate surface area is 149 Å². The number of rotatable bonds is 4. The number of likely N-dealkylation sites (tertiary alicyclic amines) is 1. The Kier molecular flexibility index (Phi) is 5.41. The Morgan fingerprint density at radius 3 is 2.68 bits per heavy atom. The summed E-state index contributed by atoms with van der Waals surface area (Å²) in [6.07, 6.45) is 7.78. The van der Waals surface area contributed by atoms with Gasteiger partial charge in [-0.3, -0.25) is 9.59 Å². The normalized spacial score (nSPS) is 17.0. The van der Waals surface area contributed by atoms with E-state index in [1.165, 1.54) is 16.2 Å². The van der Waals surface area contributed by atoms with Crippen molar-refractivity contribution >= 4 is 23.6 Å². The predicted octanol–water partition coefficient (Wildman–Crippen LogP) is 2.16. The molecule has 0 aromatic heterocycles. The molecule has 0 radical (unpaired) electrons. The van der Waals surface area contributed by atoms with Crippen LogP contribution in [0.1, 0.15) is 30.4 Å². The number of benzene rings is 1. The fourth-order valence-electron chi connectivity index (χ4n) is 3.55. The number of likely N-dealkylation sites (N-methyl/N-ethyl adjacent to an activating group) is 1. The minimum absolute atomic E-state index is 0.0403. The highest BCUT2D eigenvalue weighted by atomic mass is 16.2. The lowest BCUT2D eigenvalue weighted by Gasteiger charge is -2.27. The van der Waals surface area contributed by atoms with Crippen molar-refractivity contribution in [3.8, 4) is 0 Å². The van der Waals surface area contributed by atoms with E-state index in [4.69, 9.17) is 0 Å². The second-order valence-corrected chi connectivity index (χ2v) is 7.03. The summed E-state index contributed by atoms with van der Waals surface area (Å²) in [4.78, 5) is 30.0. The topological polar surface area (TPSA) is 43.9 Å². The quantitative estimate of drug-likeness (QED) is 0.789. The number of fused-ring (bicyclic) bond motifs is 1. The van der Waals surface area contributed by atoms with Crippen molar-refractivity contribution in [1.82, 2.24) is 9.80 Å². The molecule has 2 amide bonds. The Balaban J connectivity index is 1.59. The fraction of sp³-hybridized carbons (Fsp3) is 0.500.